The summed E-state index contributed by atoms with van der Waals surface area (Å²) in [5, 5.41) is 0. The van der Waals surface area contributed by atoms with Crippen LogP contribution >= 0.6 is 0 Å². The number of aryl methyl sites for hydroxylation is 3. The van der Waals surface area contributed by atoms with Crippen LogP contribution in [0.2, 0.25) is 0 Å². The molecule has 10 rings (SSSR count). The maximum atomic E-state index is 6.56. The van der Waals surface area contributed by atoms with Crippen molar-refractivity contribution in [3.05, 3.63) is 169 Å². The average Bonchev–Trinajstić information content (AvgIpc) is 3.79. The average molecular weight is 868 g/mol. The maximum Gasteiger partial charge on any atom is 0.399 e. The van der Waals surface area contributed by atoms with E-state index in [0.717, 1.165) is 64.8 Å². The van der Waals surface area contributed by atoms with Gasteiger partial charge < -0.3 is 23.8 Å². The van der Waals surface area contributed by atoms with E-state index in [1.54, 1.807) is 0 Å². The molecule has 262 valence electrons. The van der Waals surface area contributed by atoms with E-state index in [-0.39, 0.29) is 28.0 Å². The molecule has 0 saturated heterocycles. The molecule has 0 bridgehead atoms. The molecule has 1 aromatic heterocycles. The first-order chi connectivity index (χ1) is 25.6. The SMILES string of the molecule is Cc1cccc2c1B1N(C)c3ccc(Oc4[c-]c(N5[CH-]N(c6ccccc6)c6ccccc65)ccc4)[c-]c3-c3ncc(n31)-c1ccccc1CCC2.[Pt]. The maximum absolute atomic E-state index is 6.56. The summed E-state index contributed by atoms with van der Waals surface area (Å²) >= 11 is 0. The van der Waals surface area contributed by atoms with Crippen molar-refractivity contribution in [1.29, 1.82) is 0 Å². The zero-order valence-electron chi connectivity index (χ0n) is 29.4. The van der Waals surface area contributed by atoms with Crippen LogP contribution in [0.4, 0.5) is 28.4 Å². The van der Waals surface area contributed by atoms with Crippen molar-refractivity contribution in [2.75, 3.05) is 21.7 Å². The predicted octanol–water partition coefficient (Wildman–Crippen LogP) is 9.51. The Labute approximate surface area is 325 Å². The number of ether oxygens (including phenoxy) is 1. The number of aromatic nitrogens is 2. The van der Waals surface area contributed by atoms with Crippen LogP contribution in [0, 0.1) is 25.7 Å². The Bertz CT molecular complexity index is 2480. The molecule has 0 atom stereocenters. The molecule has 0 aliphatic carbocycles. The van der Waals surface area contributed by atoms with Gasteiger partial charge in [0, 0.05) is 72.9 Å². The van der Waals surface area contributed by atoms with Gasteiger partial charge in [0.05, 0.1) is 0 Å². The number of nitrogens with zero attached hydrogens (tertiary/aromatic N) is 5. The molecule has 0 N–H and O–H groups in total. The van der Waals surface area contributed by atoms with Crippen LogP contribution in [0.15, 0.2) is 134 Å². The third-order valence-corrected chi connectivity index (χ3v) is 10.7. The van der Waals surface area contributed by atoms with Crippen LogP contribution in [0.5, 0.6) is 11.5 Å². The van der Waals surface area contributed by atoms with Gasteiger partial charge in [-0.15, -0.1) is 36.6 Å². The second-order valence-electron chi connectivity index (χ2n) is 13.7. The number of anilines is 5. The molecule has 0 spiro atoms. The molecule has 0 unspecified atom stereocenters. The Morgan fingerprint density at radius 2 is 1.42 bits per heavy atom. The second kappa shape index (κ2) is 13.5. The van der Waals surface area contributed by atoms with E-state index in [0.29, 0.717) is 11.5 Å². The minimum absolute atomic E-state index is 0. The van der Waals surface area contributed by atoms with Crippen LogP contribution in [0.25, 0.3) is 22.6 Å². The number of imidazole rings is 1. The van der Waals surface area contributed by atoms with Crippen LogP contribution in [-0.4, -0.2) is 23.5 Å². The fraction of sp³-hybridized carbons (Fsp3) is 0.111. The molecular weight excluding hydrogens is 832 g/mol. The van der Waals surface area contributed by atoms with E-state index in [2.05, 4.69) is 155 Å². The number of para-hydroxylation sites is 3. The van der Waals surface area contributed by atoms with Gasteiger partial charge in [-0.1, -0.05) is 102 Å². The normalized spacial score (nSPS) is 14.0. The molecule has 0 fully saturated rings. The van der Waals surface area contributed by atoms with Gasteiger partial charge >= 0.3 is 6.98 Å². The summed E-state index contributed by atoms with van der Waals surface area (Å²) in [7, 11) is 2.19. The quantitative estimate of drug-likeness (QED) is 0.130. The minimum atomic E-state index is -0.0532. The molecule has 0 amide bonds. The van der Waals surface area contributed by atoms with E-state index < -0.39 is 0 Å². The van der Waals surface area contributed by atoms with Crippen molar-refractivity contribution in [1.82, 2.24) is 9.46 Å². The van der Waals surface area contributed by atoms with Gasteiger partial charge in [-0.3, -0.25) is 4.98 Å². The molecule has 53 heavy (non-hydrogen) atoms. The van der Waals surface area contributed by atoms with Crippen molar-refractivity contribution in [2.24, 2.45) is 0 Å². The Hall–Kier alpha value is -5.52. The molecule has 3 aliphatic rings. The van der Waals surface area contributed by atoms with Gasteiger partial charge in [0.2, 0.25) is 0 Å². The third-order valence-electron chi connectivity index (χ3n) is 10.7. The van der Waals surface area contributed by atoms with Crippen molar-refractivity contribution < 1.29 is 25.8 Å². The van der Waals surface area contributed by atoms with E-state index >= 15 is 0 Å². The Morgan fingerprint density at radius 3 is 2.28 bits per heavy atom. The minimum Gasteiger partial charge on any atom is -0.503 e. The second-order valence-corrected chi connectivity index (χ2v) is 13.7. The van der Waals surface area contributed by atoms with E-state index in [4.69, 9.17) is 9.72 Å². The smallest absolute Gasteiger partial charge is 0.399 e. The van der Waals surface area contributed by atoms with Crippen molar-refractivity contribution in [3.8, 4) is 34.1 Å². The van der Waals surface area contributed by atoms with E-state index in [9.17, 15) is 0 Å². The number of hydrogen-bond donors (Lipinski definition) is 0. The number of fused-ring (bicyclic) bond motifs is 7. The summed E-state index contributed by atoms with van der Waals surface area (Å²) in [6.07, 6.45) is 5.19. The Balaban J connectivity index is 0.00000372. The first-order valence-corrected chi connectivity index (χ1v) is 17.9. The van der Waals surface area contributed by atoms with Gasteiger partial charge in [0.15, 0.2) is 0 Å². The van der Waals surface area contributed by atoms with Crippen molar-refractivity contribution in [2.45, 2.75) is 26.2 Å². The number of hydrogen-bond acceptors (Lipinski definition) is 5. The van der Waals surface area contributed by atoms with Gasteiger partial charge in [0.25, 0.3) is 0 Å². The summed E-state index contributed by atoms with van der Waals surface area (Å²) in [5.74, 6) is 2.12. The Morgan fingerprint density at radius 1 is 0.698 bits per heavy atom. The molecule has 6 aromatic carbocycles. The number of rotatable bonds is 4. The first-order valence-electron chi connectivity index (χ1n) is 17.9. The van der Waals surface area contributed by atoms with Gasteiger partial charge in [-0.25, -0.2) is 0 Å². The molecule has 6 nitrogen and oxygen atoms in total. The largest absolute Gasteiger partial charge is 0.503 e. The van der Waals surface area contributed by atoms with Crippen LogP contribution in [0.3, 0.4) is 0 Å². The molecule has 3 aliphatic heterocycles. The standard InChI is InChI=1S/C45H35BN5O.Pt/c1-31-13-10-16-33-17-11-15-32-14-6-7-22-38(32)43-29-47-45-39-28-37(25-26-40(39)48(2)46(44(31)33)51(43)45)52-36-21-12-20-35(27-36)50-30-49(34-18-4-3-5-19-34)41-23-8-9-24-42(41)50;/h3-10,12-14,16,18-26,29-30H,11,15,17H2,1-2H3;/q-3;. The third kappa shape index (κ3) is 5.57. The summed E-state index contributed by atoms with van der Waals surface area (Å²) < 4.78 is 8.98. The van der Waals surface area contributed by atoms with Gasteiger partial charge in [-0.05, 0) is 74.1 Å². The molecule has 7 aromatic rings. The van der Waals surface area contributed by atoms with Crippen LogP contribution in [0.1, 0.15) is 23.1 Å². The summed E-state index contributed by atoms with van der Waals surface area (Å²) in [6, 6.07) is 51.7. The molecular formula is C45H35BN5OPt-3. The summed E-state index contributed by atoms with van der Waals surface area (Å²) in [6.45, 7) is 4.30. The van der Waals surface area contributed by atoms with E-state index in [1.807, 2.05) is 30.5 Å². The zero-order chi connectivity index (χ0) is 34.8. The van der Waals surface area contributed by atoms with Crippen LogP contribution in [-0.2, 0) is 33.9 Å². The first kappa shape index (κ1) is 33.3. The Kier molecular flexibility index (Phi) is 8.47. The summed E-state index contributed by atoms with van der Waals surface area (Å²) in [5.41, 5.74) is 13.9. The van der Waals surface area contributed by atoms with Gasteiger partial charge in [0.1, 0.15) is 0 Å². The van der Waals surface area contributed by atoms with Crippen LogP contribution < -0.4 is 24.8 Å². The predicted molar refractivity (Wildman–Crippen MR) is 211 cm³/mol. The monoisotopic (exact) mass is 867 g/mol. The van der Waals surface area contributed by atoms with Crippen molar-refractivity contribution in [3.63, 3.8) is 0 Å². The van der Waals surface area contributed by atoms with Crippen molar-refractivity contribution >= 4 is 40.9 Å². The topological polar surface area (TPSA) is 36.8 Å². The molecule has 0 radical (unpaired) electrons. The molecule has 4 heterocycles. The summed E-state index contributed by atoms with van der Waals surface area (Å²) in [4.78, 5) is 11.9. The zero-order valence-corrected chi connectivity index (χ0v) is 31.7. The number of benzene rings is 6. The fourth-order valence-corrected chi connectivity index (χ4v) is 8.25. The molecule has 0 saturated carbocycles. The molecule has 8 heteroatoms. The van der Waals surface area contributed by atoms with Gasteiger partial charge in [-0.2, -0.15) is 6.07 Å². The fourth-order valence-electron chi connectivity index (χ4n) is 8.25. The van der Waals surface area contributed by atoms with E-state index in [1.165, 1.54) is 27.7 Å².